The number of alkyl halides is 9. The highest BCUT2D eigenvalue weighted by molar-refractivity contribution is 4.95. The van der Waals surface area contributed by atoms with Crippen LogP contribution in [0.1, 0.15) is 54.6 Å². The molecule has 3 rings (SSSR count). The topological polar surface area (TPSA) is 160 Å². The molecule has 0 bridgehead atoms. The van der Waals surface area contributed by atoms with Gasteiger partial charge in [0, 0.05) is 43.4 Å². The lowest BCUT2D eigenvalue weighted by molar-refractivity contribution is -0.574. The number of hydrogen-bond donors (Lipinski definition) is 0. The van der Waals surface area contributed by atoms with Gasteiger partial charge in [0.2, 0.25) is 23.2 Å². The lowest BCUT2D eigenvalue weighted by Crippen LogP contribution is -2.40. The first-order chi connectivity index (χ1) is 17.0. The van der Waals surface area contributed by atoms with Crippen LogP contribution in [0, 0.1) is 10.1 Å². The minimum Gasteiger partial charge on any atom is -0.417 e. The van der Waals surface area contributed by atoms with E-state index in [4.69, 9.17) is 0 Å². The van der Waals surface area contributed by atoms with E-state index in [1.54, 1.807) is 0 Å². The van der Waals surface area contributed by atoms with Gasteiger partial charge in [0.15, 0.2) is 0 Å². The van der Waals surface area contributed by atoms with Crippen LogP contribution in [0.4, 0.5) is 39.5 Å². The number of rotatable bonds is 10. The molecule has 0 saturated heterocycles. The van der Waals surface area contributed by atoms with E-state index in [0.717, 1.165) is 0 Å². The van der Waals surface area contributed by atoms with Crippen molar-refractivity contribution >= 4 is 0 Å². The Morgan fingerprint density at radius 2 is 0.838 bits per heavy atom. The van der Waals surface area contributed by atoms with Gasteiger partial charge in [0.25, 0.3) is 0 Å². The maximum absolute atomic E-state index is 12.7. The molecule has 0 aliphatic rings. The summed E-state index contributed by atoms with van der Waals surface area (Å²) in [5.74, 6) is -7.09. The minimum atomic E-state index is -4.99. The third kappa shape index (κ3) is 6.90. The second-order valence-electron chi connectivity index (χ2n) is 7.48. The van der Waals surface area contributed by atoms with Crippen LogP contribution >= 0.6 is 0 Å². The molecular formula is C16H12F9N7O5. The Labute approximate surface area is 197 Å². The molecule has 0 fully saturated rings. The average molecular weight is 553 g/mol. The van der Waals surface area contributed by atoms with E-state index in [0.29, 0.717) is 0 Å². The smallest absolute Gasteiger partial charge is 0.417 e. The van der Waals surface area contributed by atoms with E-state index in [1.807, 2.05) is 0 Å². The Balaban J connectivity index is 1.82. The Kier molecular flexibility index (Phi) is 7.44. The summed E-state index contributed by atoms with van der Waals surface area (Å²) in [4.78, 5) is 11.2. The lowest BCUT2D eigenvalue weighted by atomic mass is 9.84. The van der Waals surface area contributed by atoms with Gasteiger partial charge in [-0.2, -0.15) is 39.5 Å². The fourth-order valence-corrected chi connectivity index (χ4v) is 3.08. The second-order valence-corrected chi connectivity index (χ2v) is 7.48. The maximum atomic E-state index is 12.7. The van der Waals surface area contributed by atoms with Crippen LogP contribution in [0.3, 0.4) is 0 Å². The van der Waals surface area contributed by atoms with Crippen molar-refractivity contribution < 1.29 is 57.7 Å². The van der Waals surface area contributed by atoms with Crippen LogP contribution in [0.25, 0.3) is 0 Å². The summed E-state index contributed by atoms with van der Waals surface area (Å²) in [5.41, 5.74) is -2.17. The largest absolute Gasteiger partial charge is 0.470 e. The zero-order chi connectivity index (χ0) is 27.6. The third-order valence-corrected chi connectivity index (χ3v) is 4.93. The summed E-state index contributed by atoms with van der Waals surface area (Å²) in [6.45, 7) is 0. The molecule has 12 nitrogen and oxygen atoms in total. The molecule has 21 heteroatoms. The van der Waals surface area contributed by atoms with Crippen molar-refractivity contribution in [1.29, 1.82) is 0 Å². The number of hydrogen-bond acceptors (Lipinski definition) is 11. The van der Waals surface area contributed by atoms with Gasteiger partial charge in [-0.1, -0.05) is 0 Å². The number of aryl methyl sites for hydroxylation is 3. The Morgan fingerprint density at radius 3 is 1.03 bits per heavy atom. The predicted molar refractivity (Wildman–Crippen MR) is 92.6 cm³/mol. The summed E-state index contributed by atoms with van der Waals surface area (Å²) >= 11 is 0. The molecule has 0 aliphatic heterocycles. The highest BCUT2D eigenvalue weighted by Gasteiger charge is 2.45. The van der Waals surface area contributed by atoms with Gasteiger partial charge in [0.1, 0.15) is 0 Å². The standard InChI is InChI=1S/C16H12F9N7O5/c17-14(18,19)10-29-26-7(35-10)1-4-13(32(33)34,5-2-8-27-30-11(36-8)15(20,21)22)6-3-9-28-31-12(37-9)16(23,24)25/h1-6H2. The third-order valence-electron chi connectivity index (χ3n) is 4.93. The van der Waals surface area contributed by atoms with Crippen molar-refractivity contribution in [3.63, 3.8) is 0 Å². The van der Waals surface area contributed by atoms with Gasteiger partial charge in [-0.05, 0) is 0 Å². The fraction of sp³-hybridized carbons (Fsp3) is 0.625. The second kappa shape index (κ2) is 9.92. The monoisotopic (exact) mass is 553 g/mol. The van der Waals surface area contributed by atoms with Gasteiger partial charge in [-0.3, -0.25) is 10.1 Å². The molecule has 37 heavy (non-hydrogen) atoms. The number of halogens is 9. The minimum absolute atomic E-state index is 0.598. The van der Waals surface area contributed by atoms with E-state index in [2.05, 4.69) is 43.8 Å². The Hall–Kier alpha value is -3.81. The van der Waals surface area contributed by atoms with Crippen LogP contribution in [0.2, 0.25) is 0 Å². The van der Waals surface area contributed by atoms with E-state index in [-0.39, 0.29) is 0 Å². The van der Waals surface area contributed by atoms with Crippen molar-refractivity contribution in [1.82, 2.24) is 30.6 Å². The number of aromatic nitrogens is 6. The predicted octanol–water partition coefficient (Wildman–Crippen LogP) is 4.11. The highest BCUT2D eigenvalue weighted by Crippen LogP contribution is 2.34. The summed E-state index contributed by atoms with van der Waals surface area (Å²) in [5, 5.41) is 29.8. The van der Waals surface area contributed by atoms with Gasteiger partial charge in [-0.25, -0.2) is 0 Å². The Morgan fingerprint density at radius 1 is 0.568 bits per heavy atom. The summed E-state index contributed by atoms with van der Waals surface area (Å²) < 4.78 is 127. The van der Waals surface area contributed by atoms with Crippen LogP contribution in [-0.4, -0.2) is 41.1 Å². The van der Waals surface area contributed by atoms with Crippen molar-refractivity contribution in [2.45, 2.75) is 62.6 Å². The molecule has 0 unspecified atom stereocenters. The SMILES string of the molecule is O=[N+]([O-])C(CCc1nnc(C(F)(F)F)o1)(CCc1nnc(C(F)(F)F)o1)CCc1nnc(C(F)(F)F)o1. The molecular weight excluding hydrogens is 541 g/mol. The van der Waals surface area contributed by atoms with E-state index < -0.39 is 103 Å². The Bertz CT molecular complexity index is 1080. The molecule has 3 aromatic rings. The van der Waals surface area contributed by atoms with E-state index in [9.17, 15) is 49.6 Å². The molecule has 3 heterocycles. The van der Waals surface area contributed by atoms with Crippen LogP contribution in [0.5, 0.6) is 0 Å². The summed E-state index contributed by atoms with van der Waals surface area (Å²) in [6, 6.07) is 0. The molecule has 0 spiro atoms. The summed E-state index contributed by atoms with van der Waals surface area (Å²) in [7, 11) is 0. The zero-order valence-electron chi connectivity index (χ0n) is 17.8. The average Bonchev–Trinajstić information content (AvgIpc) is 3.52. The zero-order valence-corrected chi connectivity index (χ0v) is 17.8. The van der Waals surface area contributed by atoms with Crippen molar-refractivity contribution in [2.75, 3.05) is 0 Å². The van der Waals surface area contributed by atoms with Crippen molar-refractivity contribution in [2.24, 2.45) is 0 Å². The molecule has 0 aliphatic carbocycles. The van der Waals surface area contributed by atoms with Crippen LogP contribution < -0.4 is 0 Å². The number of nitrogens with zero attached hydrogens (tertiary/aromatic N) is 7. The van der Waals surface area contributed by atoms with Gasteiger partial charge in [-0.15, -0.1) is 30.6 Å². The molecule has 0 N–H and O–H groups in total. The van der Waals surface area contributed by atoms with E-state index in [1.165, 1.54) is 0 Å². The summed E-state index contributed by atoms with van der Waals surface area (Å²) in [6.07, 6.45) is -18.6. The van der Waals surface area contributed by atoms with E-state index >= 15 is 0 Å². The molecule has 0 atom stereocenters. The highest BCUT2D eigenvalue weighted by atomic mass is 19.4. The van der Waals surface area contributed by atoms with Crippen molar-refractivity contribution in [3.8, 4) is 0 Å². The molecule has 0 radical (unpaired) electrons. The molecule has 0 aromatic carbocycles. The lowest BCUT2D eigenvalue weighted by Gasteiger charge is -2.24. The fourth-order valence-electron chi connectivity index (χ4n) is 3.08. The quantitative estimate of drug-likeness (QED) is 0.202. The molecule has 0 saturated carbocycles. The van der Waals surface area contributed by atoms with Crippen LogP contribution in [0.15, 0.2) is 13.3 Å². The van der Waals surface area contributed by atoms with Gasteiger partial charge in [0.05, 0.1) is 0 Å². The van der Waals surface area contributed by atoms with Crippen molar-refractivity contribution in [3.05, 3.63) is 45.5 Å². The van der Waals surface area contributed by atoms with Gasteiger partial charge >= 0.3 is 36.2 Å². The molecule has 204 valence electrons. The van der Waals surface area contributed by atoms with Crippen LogP contribution in [-0.2, 0) is 37.8 Å². The first-order valence-electron chi connectivity index (χ1n) is 9.83. The first kappa shape index (κ1) is 27.8. The molecule has 0 amide bonds. The number of nitro groups is 1. The molecule has 3 aromatic heterocycles. The first-order valence-corrected chi connectivity index (χ1v) is 9.83. The maximum Gasteiger partial charge on any atom is 0.470 e. The van der Waals surface area contributed by atoms with Gasteiger partial charge < -0.3 is 13.3 Å². The normalized spacial score (nSPS) is 13.3.